The molecule has 0 spiro atoms. The van der Waals surface area contributed by atoms with E-state index in [2.05, 4.69) is 60.9 Å². The van der Waals surface area contributed by atoms with Crippen molar-refractivity contribution >= 4 is 0 Å². The van der Waals surface area contributed by atoms with Gasteiger partial charge in [0.1, 0.15) is 0 Å². The minimum atomic E-state index is 0.115. The molecule has 1 fully saturated rings. The zero-order chi connectivity index (χ0) is 15.3. The van der Waals surface area contributed by atoms with Crippen LogP contribution < -0.4 is 5.73 Å². The van der Waals surface area contributed by atoms with Crippen LogP contribution in [0.2, 0.25) is 0 Å². The summed E-state index contributed by atoms with van der Waals surface area (Å²) in [5.74, 6) is 0. The van der Waals surface area contributed by atoms with Crippen LogP contribution in [0, 0.1) is 0 Å². The molecular weight excluding hydrogens is 258 g/mol. The van der Waals surface area contributed by atoms with E-state index in [1.165, 1.54) is 12.1 Å². The maximum absolute atomic E-state index is 6.16. The molecule has 1 aliphatic heterocycles. The zero-order valence-corrected chi connectivity index (χ0v) is 13.9. The molecule has 3 heteroatoms. The Balaban J connectivity index is 1.97. The van der Waals surface area contributed by atoms with Crippen molar-refractivity contribution < 1.29 is 0 Å². The highest BCUT2D eigenvalue weighted by molar-refractivity contribution is 5.15. The Hall–Kier alpha value is -0.900. The molecule has 0 bridgehead atoms. The summed E-state index contributed by atoms with van der Waals surface area (Å²) in [6.07, 6.45) is 2.24. The number of piperazine rings is 1. The predicted molar refractivity (Wildman–Crippen MR) is 90.5 cm³/mol. The van der Waals surface area contributed by atoms with E-state index in [1.807, 2.05) is 0 Å². The number of nitrogens with zero attached hydrogens (tertiary/aromatic N) is 2. The minimum absolute atomic E-state index is 0.115. The summed E-state index contributed by atoms with van der Waals surface area (Å²) in [5.41, 5.74) is 7.69. The number of benzene rings is 1. The summed E-state index contributed by atoms with van der Waals surface area (Å²) in [6, 6.07) is 11.4. The molecule has 1 aromatic carbocycles. The second-order valence-electron chi connectivity index (χ2n) is 6.61. The number of rotatable bonds is 6. The Morgan fingerprint density at radius 3 is 2.52 bits per heavy atom. The van der Waals surface area contributed by atoms with Gasteiger partial charge < -0.3 is 5.73 Å². The fraction of sp³-hybridized carbons (Fsp3) is 0.667. The van der Waals surface area contributed by atoms with Crippen LogP contribution in [0.4, 0.5) is 0 Å². The lowest BCUT2D eigenvalue weighted by atomic mass is 9.90. The first kappa shape index (κ1) is 16.5. The van der Waals surface area contributed by atoms with Gasteiger partial charge in [0, 0.05) is 37.8 Å². The van der Waals surface area contributed by atoms with Crippen molar-refractivity contribution in [1.29, 1.82) is 0 Å². The molecule has 1 aliphatic rings. The number of nitrogens with two attached hydrogens (primary N) is 1. The molecule has 2 atom stereocenters. The first-order valence-electron chi connectivity index (χ1n) is 8.32. The van der Waals surface area contributed by atoms with Crippen molar-refractivity contribution in [3.63, 3.8) is 0 Å². The van der Waals surface area contributed by atoms with Gasteiger partial charge in [-0.2, -0.15) is 0 Å². The maximum Gasteiger partial charge on any atom is 0.0307 e. The first-order valence-corrected chi connectivity index (χ1v) is 8.32. The van der Waals surface area contributed by atoms with Crippen molar-refractivity contribution in [2.75, 3.05) is 32.7 Å². The Morgan fingerprint density at radius 1 is 1.24 bits per heavy atom. The highest BCUT2D eigenvalue weighted by atomic mass is 15.3. The van der Waals surface area contributed by atoms with Gasteiger partial charge in [0.15, 0.2) is 0 Å². The lowest BCUT2D eigenvalue weighted by Gasteiger charge is -2.48. The standard InChI is InChI=1S/C18H31N3/c1-4-20-12-13-21(14-16(20)2)18(3,15-19)11-10-17-8-6-5-7-9-17/h5-9,16H,4,10-15,19H2,1-3H3. The Morgan fingerprint density at radius 2 is 1.95 bits per heavy atom. The van der Waals surface area contributed by atoms with E-state index in [4.69, 9.17) is 5.73 Å². The van der Waals surface area contributed by atoms with E-state index in [9.17, 15) is 0 Å². The quantitative estimate of drug-likeness (QED) is 0.872. The van der Waals surface area contributed by atoms with Crippen LogP contribution >= 0.6 is 0 Å². The van der Waals surface area contributed by atoms with Crippen molar-refractivity contribution in [3.05, 3.63) is 35.9 Å². The first-order chi connectivity index (χ1) is 10.1. The molecule has 2 rings (SSSR count). The molecule has 0 aliphatic carbocycles. The third kappa shape index (κ3) is 4.06. The van der Waals surface area contributed by atoms with E-state index in [-0.39, 0.29) is 5.54 Å². The van der Waals surface area contributed by atoms with Gasteiger partial charge >= 0.3 is 0 Å². The van der Waals surface area contributed by atoms with Crippen LogP contribution in [0.1, 0.15) is 32.8 Å². The third-order valence-electron chi connectivity index (χ3n) is 5.17. The van der Waals surface area contributed by atoms with Crippen LogP contribution in [-0.4, -0.2) is 54.1 Å². The number of likely N-dealkylation sites (N-methyl/N-ethyl adjacent to an activating group) is 1. The molecule has 2 N–H and O–H groups in total. The Kier molecular flexibility index (Phi) is 5.80. The van der Waals surface area contributed by atoms with Crippen molar-refractivity contribution in [3.8, 4) is 0 Å². The zero-order valence-electron chi connectivity index (χ0n) is 13.9. The summed E-state index contributed by atoms with van der Waals surface area (Å²) in [6.45, 7) is 12.3. The molecule has 0 aromatic heterocycles. The Bertz CT molecular complexity index is 420. The fourth-order valence-corrected chi connectivity index (χ4v) is 3.40. The lowest BCUT2D eigenvalue weighted by molar-refractivity contribution is 0.0146. The Labute approximate surface area is 130 Å². The molecule has 0 radical (unpaired) electrons. The summed E-state index contributed by atoms with van der Waals surface area (Å²) in [5, 5.41) is 0. The van der Waals surface area contributed by atoms with Crippen LogP contribution in [0.3, 0.4) is 0 Å². The molecule has 21 heavy (non-hydrogen) atoms. The topological polar surface area (TPSA) is 32.5 Å². The number of aryl methyl sites for hydroxylation is 1. The van der Waals surface area contributed by atoms with Crippen molar-refractivity contribution in [2.24, 2.45) is 5.73 Å². The minimum Gasteiger partial charge on any atom is -0.329 e. The van der Waals surface area contributed by atoms with Gasteiger partial charge in [-0.3, -0.25) is 9.80 Å². The molecule has 1 saturated heterocycles. The molecule has 0 saturated carbocycles. The average Bonchev–Trinajstić information content (AvgIpc) is 2.53. The van der Waals surface area contributed by atoms with E-state index in [0.717, 1.165) is 39.0 Å². The number of hydrogen-bond acceptors (Lipinski definition) is 3. The van der Waals surface area contributed by atoms with Gasteiger partial charge in [-0.1, -0.05) is 37.3 Å². The van der Waals surface area contributed by atoms with E-state index in [1.54, 1.807) is 0 Å². The number of hydrogen-bond donors (Lipinski definition) is 1. The van der Waals surface area contributed by atoms with E-state index < -0.39 is 0 Å². The van der Waals surface area contributed by atoms with Crippen LogP contribution in [0.25, 0.3) is 0 Å². The van der Waals surface area contributed by atoms with E-state index in [0.29, 0.717) is 6.04 Å². The molecule has 3 nitrogen and oxygen atoms in total. The van der Waals surface area contributed by atoms with Crippen LogP contribution in [0.5, 0.6) is 0 Å². The van der Waals surface area contributed by atoms with Gasteiger partial charge in [-0.15, -0.1) is 0 Å². The lowest BCUT2D eigenvalue weighted by Crippen LogP contribution is -2.61. The molecular formula is C18H31N3. The smallest absolute Gasteiger partial charge is 0.0307 e. The SMILES string of the molecule is CCN1CCN(C(C)(CN)CCc2ccccc2)CC1C. The normalized spacial score (nSPS) is 23.9. The molecule has 1 aromatic rings. The second-order valence-corrected chi connectivity index (χ2v) is 6.61. The maximum atomic E-state index is 6.16. The summed E-state index contributed by atoms with van der Waals surface area (Å²) >= 11 is 0. The highest BCUT2D eigenvalue weighted by Gasteiger charge is 2.34. The van der Waals surface area contributed by atoms with E-state index >= 15 is 0 Å². The van der Waals surface area contributed by atoms with Gasteiger partial charge in [0.2, 0.25) is 0 Å². The molecule has 1 heterocycles. The second kappa shape index (κ2) is 7.39. The molecule has 118 valence electrons. The van der Waals surface area contributed by atoms with Gasteiger partial charge in [-0.25, -0.2) is 0 Å². The highest BCUT2D eigenvalue weighted by Crippen LogP contribution is 2.24. The van der Waals surface area contributed by atoms with Gasteiger partial charge in [0.05, 0.1) is 0 Å². The van der Waals surface area contributed by atoms with Crippen LogP contribution in [-0.2, 0) is 6.42 Å². The predicted octanol–water partition coefficient (Wildman–Crippen LogP) is 2.36. The summed E-state index contributed by atoms with van der Waals surface area (Å²) in [4.78, 5) is 5.18. The largest absolute Gasteiger partial charge is 0.329 e. The summed E-state index contributed by atoms with van der Waals surface area (Å²) in [7, 11) is 0. The van der Waals surface area contributed by atoms with Crippen molar-refractivity contribution in [2.45, 2.75) is 45.2 Å². The summed E-state index contributed by atoms with van der Waals surface area (Å²) < 4.78 is 0. The monoisotopic (exact) mass is 289 g/mol. The van der Waals surface area contributed by atoms with Gasteiger partial charge in [0.25, 0.3) is 0 Å². The third-order valence-corrected chi connectivity index (χ3v) is 5.17. The van der Waals surface area contributed by atoms with Crippen LogP contribution in [0.15, 0.2) is 30.3 Å². The average molecular weight is 289 g/mol. The van der Waals surface area contributed by atoms with Crippen molar-refractivity contribution in [1.82, 2.24) is 9.80 Å². The molecule has 0 amide bonds. The van der Waals surface area contributed by atoms with Gasteiger partial charge in [-0.05, 0) is 38.8 Å². The fourth-order valence-electron chi connectivity index (χ4n) is 3.40. The molecule has 2 unspecified atom stereocenters.